The monoisotopic (exact) mass is 330 g/mol. The van der Waals surface area contributed by atoms with E-state index in [9.17, 15) is 9.90 Å². The molecule has 3 rings (SSSR count). The van der Waals surface area contributed by atoms with Crippen LogP contribution in [0.5, 0.6) is 0 Å². The number of nitrogens with zero attached hydrogens (tertiary/aromatic N) is 4. The van der Waals surface area contributed by atoms with Crippen LogP contribution in [0.2, 0.25) is 0 Å². The molecule has 130 valence electrons. The van der Waals surface area contributed by atoms with E-state index in [1.807, 2.05) is 28.8 Å². The van der Waals surface area contributed by atoms with Crippen LogP contribution in [0, 0.1) is 16.7 Å². The fourth-order valence-electron chi connectivity index (χ4n) is 4.29. The van der Waals surface area contributed by atoms with E-state index in [1.165, 1.54) is 5.56 Å². The Morgan fingerprint density at radius 1 is 1.38 bits per heavy atom. The summed E-state index contributed by atoms with van der Waals surface area (Å²) in [6.07, 6.45) is 5.86. The molecule has 0 saturated carbocycles. The van der Waals surface area contributed by atoms with Crippen LogP contribution in [0.3, 0.4) is 0 Å². The lowest BCUT2D eigenvalue weighted by atomic mass is 9.73. The molecule has 2 aliphatic rings. The fourth-order valence-corrected chi connectivity index (χ4v) is 4.29. The Balaban J connectivity index is 1.67. The van der Waals surface area contributed by atoms with Gasteiger partial charge in [0.1, 0.15) is 11.8 Å². The topological polar surface area (TPSA) is 72.5 Å². The number of β-amino-alcohol motifs (C(OH)–C–C–N with tert-alkyl or cyclic N) is 1. The van der Waals surface area contributed by atoms with Gasteiger partial charge in [-0.3, -0.25) is 9.69 Å². The van der Waals surface area contributed by atoms with E-state index >= 15 is 0 Å². The SMILES string of the molecule is Cn1cc(CN2CCC[C@@]3(CCC(=O)N(CCO)C3)C2)cc1C#N. The van der Waals surface area contributed by atoms with Crippen LogP contribution in [-0.2, 0) is 18.4 Å². The average Bonchev–Trinajstić information content (AvgIpc) is 2.91. The molecule has 2 aliphatic heterocycles. The van der Waals surface area contributed by atoms with Gasteiger partial charge >= 0.3 is 0 Å². The van der Waals surface area contributed by atoms with Crippen LogP contribution in [0.4, 0.5) is 0 Å². The standard InChI is InChI=1S/C18H26N4O2/c1-20-11-15(9-16(20)10-19)12-21-6-2-4-18(13-21)5-3-17(24)22(14-18)7-8-23/h9,11,23H,2-8,12-14H2,1H3/t18-/m1/s1. The van der Waals surface area contributed by atoms with Gasteiger partial charge in [-0.15, -0.1) is 0 Å². The van der Waals surface area contributed by atoms with Gasteiger partial charge in [-0.25, -0.2) is 0 Å². The molecule has 0 unspecified atom stereocenters. The number of nitriles is 1. The van der Waals surface area contributed by atoms with Gasteiger partial charge in [-0.05, 0) is 37.4 Å². The van der Waals surface area contributed by atoms with Crippen molar-refractivity contribution in [2.24, 2.45) is 12.5 Å². The predicted octanol–water partition coefficient (Wildman–Crippen LogP) is 1.09. The van der Waals surface area contributed by atoms with Crippen molar-refractivity contribution in [1.82, 2.24) is 14.4 Å². The van der Waals surface area contributed by atoms with Crippen LogP contribution >= 0.6 is 0 Å². The summed E-state index contributed by atoms with van der Waals surface area (Å²) in [5.41, 5.74) is 2.02. The van der Waals surface area contributed by atoms with E-state index in [4.69, 9.17) is 5.26 Å². The van der Waals surface area contributed by atoms with Crippen LogP contribution in [-0.4, -0.2) is 58.2 Å². The smallest absolute Gasteiger partial charge is 0.222 e. The number of hydrogen-bond donors (Lipinski definition) is 1. The van der Waals surface area contributed by atoms with Crippen molar-refractivity contribution in [1.29, 1.82) is 5.26 Å². The minimum absolute atomic E-state index is 0.0342. The van der Waals surface area contributed by atoms with Gasteiger partial charge < -0.3 is 14.6 Å². The highest BCUT2D eigenvalue weighted by Crippen LogP contribution is 2.39. The van der Waals surface area contributed by atoms with Gasteiger partial charge in [-0.2, -0.15) is 5.26 Å². The molecule has 24 heavy (non-hydrogen) atoms. The second-order valence-corrected chi connectivity index (χ2v) is 7.31. The molecule has 0 bridgehead atoms. The first-order chi connectivity index (χ1) is 11.5. The molecule has 1 aromatic heterocycles. The van der Waals surface area contributed by atoms with Crippen molar-refractivity contribution in [3.63, 3.8) is 0 Å². The fraction of sp³-hybridized carbons (Fsp3) is 0.667. The number of aliphatic hydroxyl groups excluding tert-OH is 1. The first-order valence-corrected chi connectivity index (χ1v) is 8.72. The maximum Gasteiger partial charge on any atom is 0.222 e. The number of piperidine rings is 2. The van der Waals surface area contributed by atoms with E-state index in [-0.39, 0.29) is 17.9 Å². The van der Waals surface area contributed by atoms with Crippen LogP contribution in [0.25, 0.3) is 0 Å². The van der Waals surface area contributed by atoms with Crippen LogP contribution in [0.1, 0.15) is 36.9 Å². The van der Waals surface area contributed by atoms with Crippen molar-refractivity contribution in [2.75, 3.05) is 32.8 Å². The quantitative estimate of drug-likeness (QED) is 0.897. The number of likely N-dealkylation sites (tertiary alicyclic amines) is 2. The minimum Gasteiger partial charge on any atom is -0.395 e. The average molecular weight is 330 g/mol. The maximum absolute atomic E-state index is 12.0. The first-order valence-electron chi connectivity index (χ1n) is 8.72. The molecule has 2 fully saturated rings. The highest BCUT2D eigenvalue weighted by molar-refractivity contribution is 5.77. The third kappa shape index (κ3) is 3.47. The lowest BCUT2D eigenvalue weighted by Gasteiger charge is -2.48. The molecule has 1 N–H and O–H groups in total. The molecule has 1 atom stereocenters. The Morgan fingerprint density at radius 2 is 2.21 bits per heavy atom. The molecule has 1 aromatic rings. The van der Waals surface area contributed by atoms with Gasteiger partial charge in [-0.1, -0.05) is 0 Å². The molecule has 6 heteroatoms. The molecule has 0 aromatic carbocycles. The Kier molecular flexibility index (Phi) is 4.93. The summed E-state index contributed by atoms with van der Waals surface area (Å²) in [6.45, 7) is 4.15. The highest BCUT2D eigenvalue weighted by atomic mass is 16.3. The van der Waals surface area contributed by atoms with E-state index in [0.717, 1.165) is 45.4 Å². The van der Waals surface area contributed by atoms with Gasteiger partial charge in [0.05, 0.1) is 6.61 Å². The molecule has 0 aliphatic carbocycles. The summed E-state index contributed by atoms with van der Waals surface area (Å²) in [5, 5.41) is 18.3. The Labute approximate surface area is 143 Å². The molecule has 1 amide bonds. The van der Waals surface area contributed by atoms with Crippen molar-refractivity contribution >= 4 is 5.91 Å². The third-order valence-corrected chi connectivity index (χ3v) is 5.44. The van der Waals surface area contributed by atoms with E-state index < -0.39 is 0 Å². The van der Waals surface area contributed by atoms with Crippen LogP contribution < -0.4 is 0 Å². The van der Waals surface area contributed by atoms with Crippen molar-refractivity contribution in [3.05, 3.63) is 23.5 Å². The molecule has 1 spiro atoms. The van der Waals surface area contributed by atoms with Crippen molar-refractivity contribution < 1.29 is 9.90 Å². The zero-order chi connectivity index (χ0) is 17.2. The number of aryl methyl sites for hydroxylation is 1. The highest BCUT2D eigenvalue weighted by Gasteiger charge is 2.41. The third-order valence-electron chi connectivity index (χ3n) is 5.44. The number of carbonyl (C=O) groups excluding carboxylic acids is 1. The number of aromatic nitrogens is 1. The number of hydrogen-bond acceptors (Lipinski definition) is 4. The maximum atomic E-state index is 12.0. The second-order valence-electron chi connectivity index (χ2n) is 7.31. The number of rotatable bonds is 4. The second kappa shape index (κ2) is 6.96. The molecular formula is C18H26N4O2. The van der Waals surface area contributed by atoms with E-state index in [0.29, 0.717) is 18.7 Å². The summed E-state index contributed by atoms with van der Waals surface area (Å²) in [7, 11) is 1.90. The summed E-state index contributed by atoms with van der Waals surface area (Å²) >= 11 is 0. The molecule has 0 radical (unpaired) electrons. The van der Waals surface area contributed by atoms with Gasteiger partial charge in [0, 0.05) is 51.3 Å². The predicted molar refractivity (Wildman–Crippen MR) is 90.0 cm³/mol. The van der Waals surface area contributed by atoms with Gasteiger partial charge in [0.15, 0.2) is 0 Å². The Hall–Kier alpha value is -1.84. The number of aliphatic hydroxyl groups is 1. The van der Waals surface area contributed by atoms with E-state index in [1.54, 1.807) is 0 Å². The normalized spacial score (nSPS) is 25.2. The summed E-state index contributed by atoms with van der Waals surface area (Å²) in [6, 6.07) is 4.17. The van der Waals surface area contributed by atoms with Crippen molar-refractivity contribution in [3.8, 4) is 6.07 Å². The van der Waals surface area contributed by atoms with E-state index in [2.05, 4.69) is 11.0 Å². The Bertz CT molecular complexity index is 648. The summed E-state index contributed by atoms with van der Waals surface area (Å²) in [4.78, 5) is 16.3. The molecular weight excluding hydrogens is 304 g/mol. The number of carbonyl (C=O) groups is 1. The molecule has 6 nitrogen and oxygen atoms in total. The molecule has 3 heterocycles. The van der Waals surface area contributed by atoms with Crippen LogP contribution in [0.15, 0.2) is 12.3 Å². The molecule has 2 saturated heterocycles. The van der Waals surface area contributed by atoms with Gasteiger partial charge in [0.2, 0.25) is 5.91 Å². The lowest BCUT2D eigenvalue weighted by molar-refractivity contribution is -0.140. The summed E-state index contributed by atoms with van der Waals surface area (Å²) in [5.74, 6) is 0.175. The number of amides is 1. The minimum atomic E-state index is 0.0342. The van der Waals surface area contributed by atoms with Gasteiger partial charge in [0.25, 0.3) is 0 Å². The lowest BCUT2D eigenvalue weighted by Crippen LogP contribution is -2.54. The first kappa shape index (κ1) is 17.0. The largest absolute Gasteiger partial charge is 0.395 e. The Morgan fingerprint density at radius 3 is 2.92 bits per heavy atom. The zero-order valence-electron chi connectivity index (χ0n) is 14.4. The summed E-state index contributed by atoms with van der Waals surface area (Å²) < 4.78 is 1.87. The van der Waals surface area contributed by atoms with Crippen molar-refractivity contribution in [2.45, 2.75) is 32.2 Å². The zero-order valence-corrected chi connectivity index (χ0v) is 14.4.